The van der Waals surface area contributed by atoms with Crippen molar-refractivity contribution in [3.63, 3.8) is 0 Å². The Morgan fingerprint density at radius 3 is 3.06 bits per heavy atom. The summed E-state index contributed by atoms with van der Waals surface area (Å²) in [6.07, 6.45) is 4.44. The van der Waals surface area contributed by atoms with Crippen molar-refractivity contribution < 1.29 is 0 Å². The smallest absolute Gasteiger partial charge is 0.110 e. The zero-order valence-corrected chi connectivity index (χ0v) is 12.7. The highest BCUT2D eigenvalue weighted by molar-refractivity contribution is 9.10. The van der Waals surface area contributed by atoms with E-state index in [1.54, 1.807) is 0 Å². The van der Waals surface area contributed by atoms with Gasteiger partial charge in [0.2, 0.25) is 0 Å². The van der Waals surface area contributed by atoms with Crippen molar-refractivity contribution in [2.75, 3.05) is 6.54 Å². The third-order valence-electron chi connectivity index (χ3n) is 3.44. The second-order valence-electron chi connectivity index (χ2n) is 4.55. The second-order valence-corrected chi connectivity index (χ2v) is 6.63. The summed E-state index contributed by atoms with van der Waals surface area (Å²) in [5.74, 6) is 0.717. The first kappa shape index (κ1) is 13.4. The van der Waals surface area contributed by atoms with Gasteiger partial charge in [0, 0.05) is 22.0 Å². The molecule has 17 heavy (non-hydrogen) atoms. The van der Waals surface area contributed by atoms with E-state index in [-0.39, 0.29) is 0 Å². The first-order chi connectivity index (χ1) is 8.22. The quantitative estimate of drug-likeness (QED) is 0.917. The molecular formula is C13H19BrN2S. The van der Waals surface area contributed by atoms with E-state index in [0.29, 0.717) is 17.2 Å². The van der Waals surface area contributed by atoms with E-state index in [2.05, 4.69) is 46.1 Å². The van der Waals surface area contributed by atoms with E-state index >= 15 is 0 Å². The van der Waals surface area contributed by atoms with Crippen LogP contribution in [-0.4, -0.2) is 22.8 Å². The van der Waals surface area contributed by atoms with Crippen LogP contribution in [0.1, 0.15) is 26.7 Å². The molecule has 0 aromatic carbocycles. The summed E-state index contributed by atoms with van der Waals surface area (Å²) in [6.45, 7) is 5.61. The van der Waals surface area contributed by atoms with Gasteiger partial charge >= 0.3 is 0 Å². The fourth-order valence-electron chi connectivity index (χ4n) is 2.45. The van der Waals surface area contributed by atoms with Crippen LogP contribution in [0.25, 0.3) is 0 Å². The molecule has 1 heterocycles. The molecule has 3 unspecified atom stereocenters. The molecule has 94 valence electrons. The lowest BCUT2D eigenvalue weighted by atomic mass is 10.1. The van der Waals surface area contributed by atoms with Gasteiger partial charge in [0.1, 0.15) is 5.03 Å². The van der Waals surface area contributed by atoms with Crippen LogP contribution in [0, 0.1) is 5.92 Å². The monoisotopic (exact) mass is 314 g/mol. The number of hydrogen-bond donors (Lipinski definition) is 1. The van der Waals surface area contributed by atoms with E-state index < -0.39 is 0 Å². The number of thioether (sulfide) groups is 1. The summed E-state index contributed by atoms with van der Waals surface area (Å²) in [7, 11) is 0. The highest BCUT2D eigenvalue weighted by Gasteiger charge is 2.33. The molecule has 0 spiro atoms. The molecule has 0 amide bonds. The van der Waals surface area contributed by atoms with Crippen LogP contribution in [0.2, 0.25) is 0 Å². The molecule has 2 rings (SSSR count). The first-order valence-corrected chi connectivity index (χ1v) is 7.90. The zero-order valence-electron chi connectivity index (χ0n) is 10.3. The molecule has 1 aromatic rings. The first-order valence-electron chi connectivity index (χ1n) is 6.23. The highest BCUT2D eigenvalue weighted by Crippen LogP contribution is 2.40. The van der Waals surface area contributed by atoms with Crippen molar-refractivity contribution in [1.29, 1.82) is 0 Å². The van der Waals surface area contributed by atoms with Crippen molar-refractivity contribution in [3.05, 3.63) is 22.8 Å². The molecule has 2 nitrogen and oxygen atoms in total. The van der Waals surface area contributed by atoms with Crippen LogP contribution in [0.5, 0.6) is 0 Å². The molecule has 1 N–H and O–H groups in total. The van der Waals surface area contributed by atoms with Gasteiger partial charge in [-0.25, -0.2) is 4.98 Å². The average Bonchev–Trinajstić information content (AvgIpc) is 2.65. The van der Waals surface area contributed by atoms with Gasteiger partial charge in [0.05, 0.1) is 0 Å². The van der Waals surface area contributed by atoms with Gasteiger partial charge in [-0.3, -0.25) is 0 Å². The van der Waals surface area contributed by atoms with Gasteiger partial charge in [-0.15, -0.1) is 11.8 Å². The van der Waals surface area contributed by atoms with E-state index in [4.69, 9.17) is 0 Å². The number of pyridine rings is 1. The summed E-state index contributed by atoms with van der Waals surface area (Å²) in [6, 6.07) is 4.71. The molecule has 3 atom stereocenters. The molecular weight excluding hydrogens is 296 g/mol. The van der Waals surface area contributed by atoms with E-state index in [1.165, 1.54) is 12.8 Å². The normalized spacial score (nSPS) is 28.5. The Kier molecular flexibility index (Phi) is 4.88. The maximum Gasteiger partial charge on any atom is 0.110 e. The highest BCUT2D eigenvalue weighted by atomic mass is 79.9. The SMILES string of the molecule is CCNC1CCC(Sc2ncccc2Br)C1C. The Hall–Kier alpha value is -0.0600. The van der Waals surface area contributed by atoms with Crippen LogP contribution in [-0.2, 0) is 0 Å². The topological polar surface area (TPSA) is 24.9 Å². The lowest BCUT2D eigenvalue weighted by Crippen LogP contribution is -2.33. The molecule has 1 aliphatic carbocycles. The van der Waals surface area contributed by atoms with Crippen LogP contribution in [0.4, 0.5) is 0 Å². The van der Waals surface area contributed by atoms with E-state index in [1.807, 2.05) is 24.0 Å². The molecule has 0 radical (unpaired) electrons. The Labute approximate surface area is 116 Å². The lowest BCUT2D eigenvalue weighted by Gasteiger charge is -2.20. The standard InChI is InChI=1S/C13H19BrN2S/c1-3-15-11-6-7-12(9(11)2)17-13-10(14)5-4-8-16-13/h4-5,8-9,11-12,15H,3,6-7H2,1-2H3. The molecule has 0 aliphatic heterocycles. The Bertz CT molecular complexity index is 372. The number of nitrogens with one attached hydrogen (secondary N) is 1. The van der Waals surface area contributed by atoms with Gasteiger partial charge in [0.25, 0.3) is 0 Å². The van der Waals surface area contributed by atoms with Gasteiger partial charge in [-0.2, -0.15) is 0 Å². The van der Waals surface area contributed by atoms with Crippen molar-refractivity contribution in [2.24, 2.45) is 5.92 Å². The van der Waals surface area contributed by atoms with Crippen molar-refractivity contribution in [3.8, 4) is 0 Å². The largest absolute Gasteiger partial charge is 0.314 e. The van der Waals surface area contributed by atoms with Crippen molar-refractivity contribution >= 4 is 27.7 Å². The predicted octanol–water partition coefficient (Wildman–Crippen LogP) is 3.71. The molecule has 0 saturated heterocycles. The summed E-state index contributed by atoms with van der Waals surface area (Å²) < 4.78 is 1.11. The number of halogens is 1. The second kappa shape index (κ2) is 6.21. The maximum absolute atomic E-state index is 4.44. The third-order valence-corrected chi connectivity index (χ3v) is 5.86. The number of hydrogen-bond acceptors (Lipinski definition) is 3. The van der Waals surface area contributed by atoms with Gasteiger partial charge < -0.3 is 5.32 Å². The summed E-state index contributed by atoms with van der Waals surface area (Å²) in [5, 5.41) is 5.39. The van der Waals surface area contributed by atoms with E-state index in [0.717, 1.165) is 16.0 Å². The third kappa shape index (κ3) is 3.24. The van der Waals surface area contributed by atoms with Crippen LogP contribution >= 0.6 is 27.7 Å². The predicted molar refractivity (Wildman–Crippen MR) is 77.4 cm³/mol. The molecule has 1 fully saturated rings. The Morgan fingerprint density at radius 2 is 2.35 bits per heavy atom. The molecule has 4 heteroatoms. The van der Waals surface area contributed by atoms with Gasteiger partial charge in [0.15, 0.2) is 0 Å². The Morgan fingerprint density at radius 1 is 1.53 bits per heavy atom. The maximum atomic E-state index is 4.44. The molecule has 1 aromatic heterocycles. The summed E-state index contributed by atoms with van der Waals surface area (Å²) in [5.41, 5.74) is 0. The molecule has 0 bridgehead atoms. The van der Waals surface area contributed by atoms with Crippen LogP contribution in [0.15, 0.2) is 27.8 Å². The Balaban J connectivity index is 1.99. The van der Waals surface area contributed by atoms with Gasteiger partial charge in [-0.05, 0) is 53.4 Å². The van der Waals surface area contributed by atoms with Gasteiger partial charge in [-0.1, -0.05) is 13.8 Å². The van der Waals surface area contributed by atoms with Crippen molar-refractivity contribution in [1.82, 2.24) is 10.3 Å². The average molecular weight is 315 g/mol. The lowest BCUT2D eigenvalue weighted by molar-refractivity contribution is 0.441. The minimum Gasteiger partial charge on any atom is -0.314 e. The number of rotatable bonds is 4. The summed E-state index contributed by atoms with van der Waals surface area (Å²) >= 11 is 5.49. The fourth-order valence-corrected chi connectivity index (χ4v) is 4.23. The fraction of sp³-hybridized carbons (Fsp3) is 0.615. The van der Waals surface area contributed by atoms with Crippen LogP contribution in [0.3, 0.4) is 0 Å². The molecule has 1 aliphatic rings. The minimum atomic E-state index is 0.681. The van der Waals surface area contributed by atoms with E-state index in [9.17, 15) is 0 Å². The van der Waals surface area contributed by atoms with Crippen LogP contribution < -0.4 is 5.32 Å². The summed E-state index contributed by atoms with van der Waals surface area (Å²) in [4.78, 5) is 4.44. The zero-order chi connectivity index (χ0) is 12.3. The number of aromatic nitrogens is 1. The van der Waals surface area contributed by atoms with Crippen molar-refractivity contribution in [2.45, 2.75) is 43.0 Å². The molecule has 1 saturated carbocycles. The number of nitrogens with zero attached hydrogens (tertiary/aromatic N) is 1. The minimum absolute atomic E-state index is 0.681.